The van der Waals surface area contributed by atoms with Gasteiger partial charge in [-0.25, -0.2) is 9.18 Å². The van der Waals surface area contributed by atoms with Crippen LogP contribution in [0.5, 0.6) is 0 Å². The minimum absolute atomic E-state index is 0.0159. The lowest BCUT2D eigenvalue weighted by Crippen LogP contribution is -2.39. The van der Waals surface area contributed by atoms with Crippen LogP contribution in [-0.2, 0) is 11.3 Å². The van der Waals surface area contributed by atoms with Gasteiger partial charge in [-0.05, 0) is 24.3 Å². The number of nitrogens with one attached hydrogen (secondary N) is 2. The van der Waals surface area contributed by atoms with Gasteiger partial charge in [0.05, 0.1) is 24.1 Å². The molecule has 0 aliphatic carbocycles. The van der Waals surface area contributed by atoms with Crippen molar-refractivity contribution in [3.8, 4) is 11.5 Å². The fraction of sp³-hybridized carbons (Fsp3) is 0.125. The predicted molar refractivity (Wildman–Crippen MR) is 89.5 cm³/mol. The highest BCUT2D eigenvalue weighted by Crippen LogP contribution is 2.24. The van der Waals surface area contributed by atoms with Crippen molar-refractivity contribution >= 4 is 23.7 Å². The fourth-order valence-corrected chi connectivity index (χ4v) is 2.49. The molecule has 10 heteroatoms. The highest BCUT2D eigenvalue weighted by atomic mass is 32.2. The third kappa shape index (κ3) is 4.70. The molecule has 1 aromatic carbocycles. The highest BCUT2D eigenvalue weighted by molar-refractivity contribution is 7.99. The summed E-state index contributed by atoms with van der Waals surface area (Å²) in [7, 11) is 0. The van der Waals surface area contributed by atoms with Crippen LogP contribution in [0.25, 0.3) is 11.5 Å². The molecule has 0 bridgehead atoms. The molecule has 2 aromatic heterocycles. The second-order valence-corrected chi connectivity index (χ2v) is 5.88. The molecule has 8 nitrogen and oxygen atoms in total. The van der Waals surface area contributed by atoms with E-state index < -0.39 is 17.8 Å². The minimum atomic E-state index is -0.649. The van der Waals surface area contributed by atoms with Crippen LogP contribution in [0.4, 0.5) is 9.18 Å². The van der Waals surface area contributed by atoms with E-state index >= 15 is 0 Å². The number of thioether (sulfide) groups is 1. The maximum Gasteiger partial charge on any atom is 0.321 e. The monoisotopic (exact) mass is 376 g/mol. The number of carbonyl (C=O) groups excluding carboxylic acids is 2. The molecule has 0 saturated heterocycles. The number of hydrogen-bond acceptors (Lipinski definition) is 7. The Morgan fingerprint density at radius 1 is 1.15 bits per heavy atom. The van der Waals surface area contributed by atoms with E-state index in [1.807, 2.05) is 0 Å². The van der Waals surface area contributed by atoms with Gasteiger partial charge in [0.1, 0.15) is 11.6 Å². The molecule has 26 heavy (non-hydrogen) atoms. The molecule has 0 atom stereocenters. The number of urea groups is 1. The normalized spacial score (nSPS) is 10.5. The average molecular weight is 376 g/mol. The van der Waals surface area contributed by atoms with Crippen LogP contribution in [0, 0.1) is 5.82 Å². The first-order valence-corrected chi connectivity index (χ1v) is 8.41. The third-order valence-corrected chi connectivity index (χ3v) is 3.91. The van der Waals surface area contributed by atoms with Crippen molar-refractivity contribution < 1.29 is 22.8 Å². The lowest BCUT2D eigenvalue weighted by atomic mass is 10.2. The summed E-state index contributed by atoms with van der Waals surface area (Å²) in [4.78, 5) is 23.4. The van der Waals surface area contributed by atoms with Gasteiger partial charge in [-0.15, -0.1) is 10.2 Å². The molecule has 3 rings (SSSR count). The Morgan fingerprint density at radius 3 is 2.77 bits per heavy atom. The maximum atomic E-state index is 13.7. The van der Waals surface area contributed by atoms with Gasteiger partial charge in [0.25, 0.3) is 11.1 Å². The van der Waals surface area contributed by atoms with E-state index in [0.717, 1.165) is 11.8 Å². The van der Waals surface area contributed by atoms with Gasteiger partial charge in [0.2, 0.25) is 5.91 Å². The number of hydrogen-bond donors (Lipinski definition) is 2. The SMILES string of the molecule is O=C(CSc1nnc(-c2ccccc2F)o1)NC(=O)NCc1ccco1. The summed E-state index contributed by atoms with van der Waals surface area (Å²) in [6, 6.07) is 8.71. The van der Waals surface area contributed by atoms with Gasteiger partial charge in [0, 0.05) is 0 Å². The Kier molecular flexibility index (Phi) is 5.64. The summed E-state index contributed by atoms with van der Waals surface area (Å²) in [5.41, 5.74) is 0.175. The first-order chi connectivity index (χ1) is 12.6. The van der Waals surface area contributed by atoms with Crippen LogP contribution in [0.2, 0.25) is 0 Å². The van der Waals surface area contributed by atoms with Gasteiger partial charge < -0.3 is 14.2 Å². The van der Waals surface area contributed by atoms with Crippen LogP contribution in [0.3, 0.4) is 0 Å². The van der Waals surface area contributed by atoms with Crippen molar-refractivity contribution in [3.05, 3.63) is 54.2 Å². The molecule has 0 saturated carbocycles. The number of rotatable bonds is 6. The molecule has 3 aromatic rings. The van der Waals surface area contributed by atoms with Gasteiger partial charge in [-0.2, -0.15) is 0 Å². The van der Waals surface area contributed by atoms with Crippen molar-refractivity contribution in [2.24, 2.45) is 0 Å². The summed E-state index contributed by atoms with van der Waals surface area (Å²) < 4.78 is 24.0. The van der Waals surface area contributed by atoms with Crippen molar-refractivity contribution in [3.63, 3.8) is 0 Å². The lowest BCUT2D eigenvalue weighted by molar-refractivity contribution is -0.117. The minimum Gasteiger partial charge on any atom is -0.467 e. The number of amides is 3. The number of furan rings is 1. The zero-order valence-electron chi connectivity index (χ0n) is 13.3. The van der Waals surface area contributed by atoms with Crippen molar-refractivity contribution in [2.45, 2.75) is 11.8 Å². The predicted octanol–water partition coefficient (Wildman–Crippen LogP) is 2.59. The van der Waals surface area contributed by atoms with Crippen LogP contribution in [0.1, 0.15) is 5.76 Å². The van der Waals surface area contributed by atoms with E-state index in [1.165, 1.54) is 18.4 Å². The Balaban J connectivity index is 1.46. The summed E-state index contributed by atoms with van der Waals surface area (Å²) in [5.74, 6) is -0.570. The van der Waals surface area contributed by atoms with E-state index in [4.69, 9.17) is 8.83 Å². The molecule has 0 radical (unpaired) electrons. The topological polar surface area (TPSA) is 110 Å². The summed E-state index contributed by atoms with van der Waals surface area (Å²) in [5, 5.41) is 12.2. The van der Waals surface area contributed by atoms with E-state index in [-0.39, 0.29) is 29.0 Å². The molecule has 0 aliphatic rings. The largest absolute Gasteiger partial charge is 0.467 e. The molecule has 3 amide bonds. The maximum absolute atomic E-state index is 13.7. The van der Waals surface area contributed by atoms with Crippen LogP contribution in [-0.4, -0.2) is 27.9 Å². The zero-order valence-corrected chi connectivity index (χ0v) is 14.1. The second-order valence-electron chi connectivity index (χ2n) is 4.95. The van der Waals surface area contributed by atoms with Crippen molar-refractivity contribution in [1.82, 2.24) is 20.8 Å². The van der Waals surface area contributed by atoms with Gasteiger partial charge in [-0.1, -0.05) is 23.9 Å². The van der Waals surface area contributed by atoms with Crippen LogP contribution >= 0.6 is 11.8 Å². The first-order valence-electron chi connectivity index (χ1n) is 7.43. The van der Waals surface area contributed by atoms with E-state index in [0.29, 0.717) is 5.76 Å². The standard InChI is InChI=1S/C16H13FN4O4S/c17-12-6-2-1-5-11(12)14-20-21-16(25-14)26-9-13(22)19-15(23)18-8-10-4-3-7-24-10/h1-7H,8-9H2,(H2,18,19,22,23). The first kappa shape index (κ1) is 17.7. The van der Waals surface area contributed by atoms with E-state index in [1.54, 1.807) is 24.3 Å². The lowest BCUT2D eigenvalue weighted by Gasteiger charge is -2.04. The van der Waals surface area contributed by atoms with Crippen molar-refractivity contribution in [1.29, 1.82) is 0 Å². The molecule has 2 N–H and O–H groups in total. The Labute approximate surface area is 151 Å². The number of imide groups is 1. The van der Waals surface area contributed by atoms with Gasteiger partial charge >= 0.3 is 6.03 Å². The smallest absolute Gasteiger partial charge is 0.321 e. The molecular formula is C16H13FN4O4S. The Bertz CT molecular complexity index is 897. The number of halogens is 1. The van der Waals surface area contributed by atoms with Gasteiger partial charge in [-0.3, -0.25) is 10.1 Å². The zero-order chi connectivity index (χ0) is 18.4. The molecule has 0 fully saturated rings. The van der Waals surface area contributed by atoms with Crippen LogP contribution in [0.15, 0.2) is 56.7 Å². The number of aromatic nitrogens is 2. The van der Waals surface area contributed by atoms with Crippen LogP contribution < -0.4 is 10.6 Å². The van der Waals surface area contributed by atoms with Gasteiger partial charge in [0.15, 0.2) is 0 Å². The molecule has 134 valence electrons. The highest BCUT2D eigenvalue weighted by Gasteiger charge is 2.15. The number of nitrogens with zero attached hydrogens (tertiary/aromatic N) is 2. The average Bonchev–Trinajstić information content (AvgIpc) is 3.30. The summed E-state index contributed by atoms with van der Waals surface area (Å²) >= 11 is 0.934. The van der Waals surface area contributed by atoms with E-state index in [9.17, 15) is 14.0 Å². The summed E-state index contributed by atoms with van der Waals surface area (Å²) in [6.45, 7) is 0.162. The molecule has 0 unspecified atom stereocenters. The quantitative estimate of drug-likeness (QED) is 0.636. The Morgan fingerprint density at radius 2 is 2.00 bits per heavy atom. The summed E-state index contributed by atoms with van der Waals surface area (Å²) in [6.07, 6.45) is 1.48. The Hall–Kier alpha value is -3.14. The van der Waals surface area contributed by atoms with Crippen molar-refractivity contribution in [2.75, 3.05) is 5.75 Å². The molecular weight excluding hydrogens is 363 g/mol. The second kappa shape index (κ2) is 8.30. The third-order valence-electron chi connectivity index (χ3n) is 3.09. The number of benzene rings is 1. The molecule has 0 aliphatic heterocycles. The van der Waals surface area contributed by atoms with E-state index in [2.05, 4.69) is 20.8 Å². The fourth-order valence-electron chi connectivity index (χ4n) is 1.93. The molecule has 0 spiro atoms. The molecule has 2 heterocycles. The number of carbonyl (C=O) groups is 2.